The molecule has 1 aliphatic rings. The summed E-state index contributed by atoms with van der Waals surface area (Å²) in [6.07, 6.45) is 4.16. The van der Waals surface area contributed by atoms with E-state index in [0.29, 0.717) is 19.3 Å². The van der Waals surface area contributed by atoms with Crippen LogP contribution in [0.3, 0.4) is 0 Å². The van der Waals surface area contributed by atoms with Crippen molar-refractivity contribution < 1.29 is 15.4 Å². The third-order valence-electron chi connectivity index (χ3n) is 4.25. The van der Waals surface area contributed by atoms with Crippen molar-refractivity contribution in [2.45, 2.75) is 32.3 Å². The lowest BCUT2D eigenvalue weighted by atomic mass is 10.1. The van der Waals surface area contributed by atoms with Crippen LogP contribution in [0, 0.1) is 5.92 Å². The summed E-state index contributed by atoms with van der Waals surface area (Å²) in [5.74, 6) is 1.55. The van der Waals surface area contributed by atoms with Crippen LogP contribution in [0.1, 0.15) is 31.3 Å². The molecule has 132 valence electrons. The molecule has 5 heteroatoms. The Bertz CT molecular complexity index is 585. The van der Waals surface area contributed by atoms with E-state index in [1.807, 2.05) is 12.1 Å². The zero-order chi connectivity index (χ0) is 16.5. The number of aryl methyl sites for hydroxylation is 2. The first-order chi connectivity index (χ1) is 11.9. The van der Waals surface area contributed by atoms with E-state index in [0.717, 1.165) is 56.9 Å². The van der Waals surface area contributed by atoms with Crippen molar-refractivity contribution in [1.82, 2.24) is 10.5 Å². The number of rotatable bonds is 10. The van der Waals surface area contributed by atoms with Crippen LogP contribution in [-0.4, -0.2) is 31.6 Å². The summed E-state index contributed by atoms with van der Waals surface area (Å²) >= 11 is 0. The highest BCUT2D eigenvalue weighted by Gasteiger charge is 2.14. The number of ether oxygens (including phenoxy) is 2. The lowest BCUT2D eigenvalue weighted by Crippen LogP contribution is -2.25. The fourth-order valence-corrected chi connectivity index (χ4v) is 2.89. The van der Waals surface area contributed by atoms with Crippen LogP contribution in [0.2, 0.25) is 0 Å². The maximum absolute atomic E-state index is 5.59. The molecule has 1 atom stereocenters. The van der Waals surface area contributed by atoms with Gasteiger partial charge in [-0.2, -0.15) is 0 Å². The summed E-state index contributed by atoms with van der Waals surface area (Å²) in [5, 5.41) is 7.37. The number of hydrogen-bond acceptors (Lipinski definition) is 5. The van der Waals surface area contributed by atoms with Gasteiger partial charge in [0.05, 0.1) is 19.9 Å². The molecular weight excluding hydrogens is 304 g/mol. The van der Waals surface area contributed by atoms with Gasteiger partial charge in [-0.1, -0.05) is 35.5 Å². The molecule has 1 fully saturated rings. The first-order valence-electron chi connectivity index (χ1n) is 8.75. The van der Waals surface area contributed by atoms with Crippen LogP contribution in [0.15, 0.2) is 40.9 Å². The average molecular weight is 332 g/mol. The Hall–Kier alpha value is -1.69. The molecule has 2 aromatic rings. The van der Waals surface area contributed by atoms with Crippen LogP contribution in [0.25, 0.3) is 0 Å². The van der Waals surface area contributed by atoms with Gasteiger partial charge in [-0.15, -0.1) is 0 Å². The molecule has 0 spiro atoms. The molecule has 1 unspecified atom stereocenters. The minimum Gasteiger partial charge on any atom is -0.381 e. The highest BCUT2D eigenvalue weighted by molar-refractivity contribution is 5.15. The molecule has 5 nitrogen and oxygen atoms in total. The molecule has 1 aliphatic heterocycles. The van der Waals surface area contributed by atoms with Gasteiger partial charge in [0.25, 0.3) is 0 Å². The van der Waals surface area contributed by atoms with Gasteiger partial charge in [0.15, 0.2) is 0 Å². The van der Waals surface area contributed by atoms with Crippen molar-refractivity contribution in [3.8, 4) is 0 Å². The summed E-state index contributed by atoms with van der Waals surface area (Å²) < 4.78 is 16.3. The topological polar surface area (TPSA) is 56.5 Å². The largest absolute Gasteiger partial charge is 0.381 e. The third-order valence-corrected chi connectivity index (χ3v) is 4.25. The Morgan fingerprint density at radius 3 is 3.00 bits per heavy atom. The SMILES string of the molecule is [HH].c1ccc(CCCc2cc(COCNCC3CCOC3)no2)cc1. The Labute approximate surface area is 144 Å². The summed E-state index contributed by atoms with van der Waals surface area (Å²) in [5.41, 5.74) is 2.22. The van der Waals surface area contributed by atoms with Gasteiger partial charge >= 0.3 is 0 Å². The molecule has 0 amide bonds. The Morgan fingerprint density at radius 1 is 1.25 bits per heavy atom. The number of aromatic nitrogens is 1. The van der Waals surface area contributed by atoms with Crippen molar-refractivity contribution in [2.75, 3.05) is 26.5 Å². The van der Waals surface area contributed by atoms with Gasteiger partial charge in [-0.05, 0) is 30.7 Å². The van der Waals surface area contributed by atoms with E-state index in [1.54, 1.807) is 0 Å². The number of nitrogens with zero attached hydrogens (tertiary/aromatic N) is 1. The Morgan fingerprint density at radius 2 is 2.17 bits per heavy atom. The van der Waals surface area contributed by atoms with E-state index >= 15 is 0 Å². The molecule has 1 aromatic carbocycles. The van der Waals surface area contributed by atoms with Gasteiger partial charge in [-0.3, -0.25) is 5.32 Å². The summed E-state index contributed by atoms with van der Waals surface area (Å²) in [6, 6.07) is 12.5. The van der Waals surface area contributed by atoms with Crippen molar-refractivity contribution in [1.29, 1.82) is 0 Å². The highest BCUT2D eigenvalue weighted by Crippen LogP contribution is 2.11. The lowest BCUT2D eigenvalue weighted by Gasteiger charge is -2.08. The van der Waals surface area contributed by atoms with Gasteiger partial charge < -0.3 is 14.0 Å². The van der Waals surface area contributed by atoms with Crippen molar-refractivity contribution in [2.24, 2.45) is 5.92 Å². The zero-order valence-electron chi connectivity index (χ0n) is 14.1. The van der Waals surface area contributed by atoms with E-state index in [4.69, 9.17) is 14.0 Å². The van der Waals surface area contributed by atoms with Gasteiger partial charge in [0, 0.05) is 27.1 Å². The number of benzene rings is 1. The number of hydrogen-bond donors (Lipinski definition) is 1. The van der Waals surface area contributed by atoms with Crippen molar-refractivity contribution in [3.63, 3.8) is 0 Å². The normalized spacial score (nSPS) is 17.4. The van der Waals surface area contributed by atoms with E-state index < -0.39 is 0 Å². The third kappa shape index (κ3) is 5.74. The molecule has 1 saturated heterocycles. The second-order valence-electron chi connectivity index (χ2n) is 6.30. The lowest BCUT2D eigenvalue weighted by molar-refractivity contribution is 0.0949. The van der Waals surface area contributed by atoms with Crippen molar-refractivity contribution in [3.05, 3.63) is 53.4 Å². The minimum absolute atomic E-state index is 0. The predicted molar refractivity (Wildman–Crippen MR) is 93.7 cm³/mol. The summed E-state index contributed by atoms with van der Waals surface area (Å²) in [7, 11) is 0. The molecule has 0 bridgehead atoms. The smallest absolute Gasteiger partial charge is 0.137 e. The van der Waals surface area contributed by atoms with E-state index in [2.05, 4.69) is 34.7 Å². The highest BCUT2D eigenvalue weighted by atomic mass is 16.5. The van der Waals surface area contributed by atoms with E-state index in [1.165, 1.54) is 5.56 Å². The quantitative estimate of drug-likeness (QED) is 0.535. The van der Waals surface area contributed by atoms with Crippen LogP contribution in [0.5, 0.6) is 0 Å². The molecule has 0 radical (unpaired) electrons. The second kappa shape index (κ2) is 9.57. The Balaban J connectivity index is 0.00000225. The standard InChI is InChI=1S/C19H26N2O3.H2/c1-2-5-16(6-3-1)7-4-8-19-11-18(21-24-19)14-23-15-20-12-17-9-10-22-13-17;/h1-3,5-6,11,17,20H,4,7-10,12-15H2;1H. The predicted octanol–water partition coefficient (Wildman–Crippen LogP) is 3.20. The zero-order valence-corrected chi connectivity index (χ0v) is 14.1. The fraction of sp³-hybridized carbons (Fsp3) is 0.526. The molecule has 0 aliphatic carbocycles. The molecular formula is C19H28N2O3. The molecule has 0 saturated carbocycles. The first kappa shape index (κ1) is 17.1. The molecule has 1 N–H and O–H groups in total. The van der Waals surface area contributed by atoms with Gasteiger partial charge in [-0.25, -0.2) is 0 Å². The summed E-state index contributed by atoms with van der Waals surface area (Å²) in [4.78, 5) is 0. The minimum atomic E-state index is 0. The van der Waals surface area contributed by atoms with E-state index in [9.17, 15) is 0 Å². The molecule has 24 heavy (non-hydrogen) atoms. The van der Waals surface area contributed by atoms with E-state index in [-0.39, 0.29) is 1.43 Å². The van der Waals surface area contributed by atoms with Crippen LogP contribution in [-0.2, 0) is 28.9 Å². The monoisotopic (exact) mass is 332 g/mol. The van der Waals surface area contributed by atoms with Gasteiger partial charge in [0.1, 0.15) is 11.5 Å². The van der Waals surface area contributed by atoms with Crippen molar-refractivity contribution >= 4 is 0 Å². The van der Waals surface area contributed by atoms with Crippen LogP contribution < -0.4 is 5.32 Å². The summed E-state index contributed by atoms with van der Waals surface area (Å²) in [6.45, 7) is 3.72. The van der Waals surface area contributed by atoms with Gasteiger partial charge in [0.2, 0.25) is 0 Å². The first-order valence-corrected chi connectivity index (χ1v) is 8.75. The Kier molecular flexibility index (Phi) is 6.83. The maximum Gasteiger partial charge on any atom is 0.137 e. The average Bonchev–Trinajstić information content (AvgIpc) is 3.28. The molecule has 3 rings (SSSR count). The maximum atomic E-state index is 5.59. The second-order valence-corrected chi connectivity index (χ2v) is 6.30. The number of nitrogens with one attached hydrogen (secondary N) is 1. The van der Waals surface area contributed by atoms with Crippen LogP contribution in [0.4, 0.5) is 0 Å². The fourth-order valence-electron chi connectivity index (χ4n) is 2.89. The molecule has 1 aromatic heterocycles. The molecule has 2 heterocycles. The van der Waals surface area contributed by atoms with Crippen LogP contribution >= 0.6 is 0 Å².